The van der Waals surface area contributed by atoms with Gasteiger partial charge in [0.2, 0.25) is 11.8 Å². The van der Waals surface area contributed by atoms with Crippen molar-refractivity contribution < 1.29 is 19.5 Å². The summed E-state index contributed by atoms with van der Waals surface area (Å²) in [6, 6.07) is 5.88. The molecule has 0 fully saturated rings. The van der Waals surface area contributed by atoms with Gasteiger partial charge in [0.1, 0.15) is 6.04 Å². The molecular weight excluding hydrogens is 462 g/mol. The van der Waals surface area contributed by atoms with Gasteiger partial charge in [-0.3, -0.25) is 15.0 Å². The highest BCUT2D eigenvalue weighted by Crippen LogP contribution is 2.19. The van der Waals surface area contributed by atoms with Crippen LogP contribution >= 0.6 is 0 Å². The number of para-hydroxylation sites is 1. The average Bonchev–Trinajstić information content (AvgIpc) is 3.45. The summed E-state index contributed by atoms with van der Waals surface area (Å²) in [7, 11) is 0. The minimum atomic E-state index is -1.09. The summed E-state index contributed by atoms with van der Waals surface area (Å²) in [4.78, 5) is 41.0. The van der Waals surface area contributed by atoms with Crippen molar-refractivity contribution in [1.29, 1.82) is 5.41 Å². The summed E-state index contributed by atoms with van der Waals surface area (Å²) in [5.74, 6) is -1.72. The molecule has 2 unspecified atom stereocenters. The maximum absolute atomic E-state index is 12.3. The molecule has 2 amide bonds. The second kappa shape index (κ2) is 13.3. The number of nitrogens with one attached hydrogen (secondary N) is 4. The Labute approximate surface area is 210 Å². The number of carboxylic acid groups (broad SMARTS) is 1. The molecule has 0 saturated carbocycles. The quantitative estimate of drug-likeness (QED) is 0.0982. The summed E-state index contributed by atoms with van der Waals surface area (Å²) < 4.78 is 0. The smallest absolute Gasteiger partial charge is 0.326 e. The van der Waals surface area contributed by atoms with E-state index in [4.69, 9.17) is 16.9 Å². The van der Waals surface area contributed by atoms with E-state index in [-0.39, 0.29) is 38.0 Å². The number of benzene rings is 1. The molecule has 11 nitrogen and oxygen atoms in total. The zero-order chi connectivity index (χ0) is 25.4. The number of hydrogen-bond acceptors (Lipinski definition) is 5. The lowest BCUT2D eigenvalue weighted by Crippen LogP contribution is -2.42. The van der Waals surface area contributed by atoms with E-state index in [9.17, 15) is 19.5 Å². The zero-order valence-electron chi connectivity index (χ0n) is 19.5. The highest BCUT2D eigenvalue weighted by molar-refractivity contribution is 5.86. The van der Waals surface area contributed by atoms with Gasteiger partial charge in [-0.1, -0.05) is 37.3 Å². The minimum absolute atomic E-state index is 0. The van der Waals surface area contributed by atoms with Crippen molar-refractivity contribution in [2.24, 2.45) is 11.5 Å². The fraction of sp³-hybridized carbons (Fsp3) is 0.440. The number of aromatic nitrogens is 1. The number of carbonyl (C=O) groups is 3. The number of fused-ring (bicyclic) bond motifs is 1. The van der Waals surface area contributed by atoms with Crippen molar-refractivity contribution in [2.45, 2.75) is 51.6 Å². The van der Waals surface area contributed by atoms with Crippen LogP contribution in [0.4, 0.5) is 0 Å². The summed E-state index contributed by atoms with van der Waals surface area (Å²) in [5, 5.41) is 23.3. The fourth-order valence-electron chi connectivity index (χ4n) is 4.06. The number of rotatable bonds is 12. The lowest BCUT2D eigenvalue weighted by Gasteiger charge is -2.17. The first-order valence-electron chi connectivity index (χ1n) is 11.6. The molecule has 0 spiro atoms. The van der Waals surface area contributed by atoms with Crippen LogP contribution in [-0.4, -0.2) is 70.5 Å². The largest absolute Gasteiger partial charge is 0.480 e. The number of nitrogens with two attached hydrogens (primary N) is 2. The van der Waals surface area contributed by atoms with Gasteiger partial charge in [0.05, 0.1) is 6.04 Å². The molecule has 1 aromatic heterocycles. The Hall–Kier alpha value is -3.86. The third-order valence-corrected chi connectivity index (χ3v) is 6.02. The monoisotopic (exact) mass is 499 g/mol. The average molecular weight is 500 g/mol. The summed E-state index contributed by atoms with van der Waals surface area (Å²) >= 11 is 0. The van der Waals surface area contributed by atoms with Crippen LogP contribution in [0.2, 0.25) is 0 Å². The molecular formula is C25H37N7O4. The maximum atomic E-state index is 12.3. The molecule has 1 aliphatic rings. The van der Waals surface area contributed by atoms with Crippen LogP contribution in [0.3, 0.4) is 0 Å². The van der Waals surface area contributed by atoms with Gasteiger partial charge in [0.15, 0.2) is 5.96 Å². The fourth-order valence-corrected chi connectivity index (χ4v) is 4.06. The number of hydrogen-bond donors (Lipinski definition) is 7. The Bertz CT molecular complexity index is 1110. The first-order chi connectivity index (χ1) is 16.7. The number of unbranched alkanes of at least 4 members (excludes halogenated alkanes) is 1. The Balaban J connectivity index is 0.00000456. The Morgan fingerprint density at radius 1 is 1.19 bits per heavy atom. The molecule has 2 aromatic rings. The minimum Gasteiger partial charge on any atom is -0.480 e. The van der Waals surface area contributed by atoms with E-state index in [0.29, 0.717) is 38.9 Å². The van der Waals surface area contributed by atoms with Gasteiger partial charge in [-0.2, -0.15) is 0 Å². The van der Waals surface area contributed by atoms with E-state index in [1.807, 2.05) is 30.3 Å². The van der Waals surface area contributed by atoms with Crippen molar-refractivity contribution in [1.82, 2.24) is 20.5 Å². The number of carboxylic acids is 1. The molecule has 3 rings (SSSR count). The van der Waals surface area contributed by atoms with Gasteiger partial charge in [-0.15, -0.1) is 0 Å². The van der Waals surface area contributed by atoms with Crippen molar-refractivity contribution in [3.63, 3.8) is 0 Å². The molecule has 11 heteroatoms. The molecule has 1 aromatic carbocycles. The lowest BCUT2D eigenvalue weighted by atomic mass is 10.0. The topological polar surface area (TPSA) is 190 Å². The molecule has 196 valence electrons. The number of guanidine groups is 1. The van der Waals surface area contributed by atoms with E-state index >= 15 is 0 Å². The highest BCUT2D eigenvalue weighted by Gasteiger charge is 2.22. The summed E-state index contributed by atoms with van der Waals surface area (Å²) in [6.07, 6.45) is 5.49. The normalized spacial score (nSPS) is 14.5. The molecule has 2 atom stereocenters. The molecule has 0 saturated heterocycles. The van der Waals surface area contributed by atoms with Crippen LogP contribution in [0.15, 0.2) is 42.1 Å². The standard InChI is InChI=1S/C24H33N7O4.CH4/c25-18(11-15-8-10-31(14-15)24(26)27)22(33)28-9-4-3-7-21(32)30-20(23(34)35)12-16-13-29-19-6-2-1-5-17(16)19;/h1-2,5-6,8,13,18,20,29H,3-4,7,9-12,14,25H2,(H3,26,27)(H,28,33)(H,30,32)(H,34,35);1H4. The molecule has 2 heterocycles. The summed E-state index contributed by atoms with van der Waals surface area (Å²) in [5.41, 5.74) is 14.2. The zero-order valence-corrected chi connectivity index (χ0v) is 19.5. The lowest BCUT2D eigenvalue weighted by molar-refractivity contribution is -0.141. The molecule has 9 N–H and O–H groups in total. The molecule has 36 heavy (non-hydrogen) atoms. The van der Waals surface area contributed by atoms with Crippen molar-refractivity contribution in [2.75, 3.05) is 19.6 Å². The molecule has 0 aliphatic carbocycles. The molecule has 0 radical (unpaired) electrons. The van der Waals surface area contributed by atoms with Crippen molar-refractivity contribution in [3.05, 3.63) is 47.7 Å². The van der Waals surface area contributed by atoms with Crippen LogP contribution < -0.4 is 22.1 Å². The van der Waals surface area contributed by atoms with Gasteiger partial charge >= 0.3 is 5.97 Å². The van der Waals surface area contributed by atoms with Crippen LogP contribution in [-0.2, 0) is 20.8 Å². The number of aromatic amines is 1. The predicted octanol–water partition coefficient (Wildman–Crippen LogP) is 1.06. The van der Waals surface area contributed by atoms with Gasteiger partial charge in [0.25, 0.3) is 0 Å². The third-order valence-electron chi connectivity index (χ3n) is 6.02. The van der Waals surface area contributed by atoms with E-state index in [1.165, 1.54) is 0 Å². The predicted molar refractivity (Wildman–Crippen MR) is 139 cm³/mol. The third kappa shape index (κ3) is 7.84. The molecule has 0 bridgehead atoms. The van der Waals surface area contributed by atoms with E-state index in [1.54, 1.807) is 11.1 Å². The van der Waals surface area contributed by atoms with Crippen LogP contribution in [0, 0.1) is 5.41 Å². The van der Waals surface area contributed by atoms with E-state index < -0.39 is 18.1 Å². The van der Waals surface area contributed by atoms with Crippen LogP contribution in [0.25, 0.3) is 10.9 Å². The number of nitrogens with zero attached hydrogens (tertiary/aromatic N) is 1. The SMILES string of the molecule is C.N=C(N)N1CC=C(CC(N)C(=O)NCCCCC(=O)NC(Cc2c[nH]c3ccccc23)C(=O)O)C1. The number of aliphatic carboxylic acids is 1. The van der Waals surface area contributed by atoms with Gasteiger partial charge in [-0.05, 0) is 30.9 Å². The van der Waals surface area contributed by atoms with Crippen molar-refractivity contribution in [3.8, 4) is 0 Å². The first kappa shape index (κ1) is 28.4. The second-order valence-electron chi connectivity index (χ2n) is 8.71. The number of amides is 2. The van der Waals surface area contributed by atoms with Gasteiger partial charge in [0, 0.05) is 49.6 Å². The second-order valence-corrected chi connectivity index (χ2v) is 8.71. The van der Waals surface area contributed by atoms with Crippen LogP contribution in [0.1, 0.15) is 38.7 Å². The van der Waals surface area contributed by atoms with Crippen LogP contribution in [0.5, 0.6) is 0 Å². The van der Waals surface area contributed by atoms with E-state index in [0.717, 1.165) is 22.0 Å². The van der Waals surface area contributed by atoms with Crippen molar-refractivity contribution >= 4 is 34.6 Å². The highest BCUT2D eigenvalue weighted by atomic mass is 16.4. The van der Waals surface area contributed by atoms with Gasteiger partial charge in [-0.25, -0.2) is 4.79 Å². The maximum Gasteiger partial charge on any atom is 0.326 e. The Kier molecular flexibility index (Phi) is 10.5. The Morgan fingerprint density at radius 2 is 1.94 bits per heavy atom. The van der Waals surface area contributed by atoms with E-state index in [2.05, 4.69) is 15.6 Å². The Morgan fingerprint density at radius 3 is 2.64 bits per heavy atom. The first-order valence-corrected chi connectivity index (χ1v) is 11.6. The van der Waals surface area contributed by atoms with Gasteiger partial charge < -0.3 is 37.1 Å². The number of H-pyrrole nitrogens is 1. The molecule has 1 aliphatic heterocycles. The summed E-state index contributed by atoms with van der Waals surface area (Å²) in [6.45, 7) is 1.42. The number of carbonyl (C=O) groups excluding carboxylic acids is 2.